The molecular weight excluding hydrogens is 303 g/mol. The number of hydrogen-bond acceptors (Lipinski definition) is 4. The Morgan fingerprint density at radius 1 is 1.00 bits per heavy atom. The monoisotopic (exact) mass is 312 g/mol. The van der Waals surface area contributed by atoms with Gasteiger partial charge in [-0.25, -0.2) is 13.2 Å². The van der Waals surface area contributed by atoms with Crippen LogP contribution in [-0.4, -0.2) is 32.4 Å². The Bertz CT molecular complexity index is 520. The van der Waals surface area contributed by atoms with E-state index < -0.39 is 61.0 Å². The van der Waals surface area contributed by atoms with Gasteiger partial charge in [-0.05, 0) is 0 Å². The van der Waals surface area contributed by atoms with E-state index in [9.17, 15) is 22.0 Å². The van der Waals surface area contributed by atoms with Gasteiger partial charge >= 0.3 is 6.11 Å². The standard InChI is InChI=1S/C12H9F5O4/c13-7-1-6(2-8(14)9(7)15)21-12(16,17)11-3-18-10(19-4-11)20-5-11/h1-2,10H,3-5H2. The molecule has 0 saturated carbocycles. The van der Waals surface area contributed by atoms with Gasteiger partial charge < -0.3 is 18.9 Å². The minimum Gasteiger partial charge on any atom is -0.432 e. The fourth-order valence-electron chi connectivity index (χ4n) is 2.05. The molecule has 3 heterocycles. The van der Waals surface area contributed by atoms with Crippen molar-refractivity contribution >= 4 is 0 Å². The van der Waals surface area contributed by atoms with Crippen molar-refractivity contribution in [2.75, 3.05) is 19.8 Å². The van der Waals surface area contributed by atoms with Crippen molar-refractivity contribution in [1.29, 1.82) is 0 Å². The molecule has 0 N–H and O–H groups in total. The molecule has 21 heavy (non-hydrogen) atoms. The van der Waals surface area contributed by atoms with Crippen LogP contribution >= 0.6 is 0 Å². The third-order valence-electron chi connectivity index (χ3n) is 3.31. The molecule has 0 amide bonds. The molecule has 0 spiro atoms. The van der Waals surface area contributed by atoms with Crippen LogP contribution in [0.1, 0.15) is 0 Å². The normalized spacial score (nSPS) is 28.7. The summed E-state index contributed by atoms with van der Waals surface area (Å²) in [5.74, 6) is -5.88. The van der Waals surface area contributed by atoms with Crippen LogP contribution in [0.15, 0.2) is 12.1 Å². The summed E-state index contributed by atoms with van der Waals surface area (Å²) in [5.41, 5.74) is -1.94. The Labute approximate surface area is 115 Å². The Hall–Kier alpha value is -1.45. The molecule has 0 radical (unpaired) electrons. The maximum absolute atomic E-state index is 14.2. The molecule has 1 aromatic rings. The molecule has 4 nitrogen and oxygen atoms in total. The zero-order valence-corrected chi connectivity index (χ0v) is 10.4. The van der Waals surface area contributed by atoms with Crippen LogP contribution in [0.25, 0.3) is 0 Å². The van der Waals surface area contributed by atoms with Gasteiger partial charge in [0.15, 0.2) is 17.5 Å². The molecular formula is C12H9F5O4. The predicted molar refractivity (Wildman–Crippen MR) is 56.0 cm³/mol. The maximum Gasteiger partial charge on any atom is 0.410 e. The number of rotatable bonds is 3. The summed E-state index contributed by atoms with van der Waals surface area (Å²) in [4.78, 5) is 0. The summed E-state index contributed by atoms with van der Waals surface area (Å²) in [7, 11) is 0. The van der Waals surface area contributed by atoms with Crippen molar-refractivity contribution in [3.63, 3.8) is 0 Å². The molecule has 2 bridgehead atoms. The molecule has 116 valence electrons. The van der Waals surface area contributed by atoms with E-state index >= 15 is 0 Å². The van der Waals surface area contributed by atoms with Crippen LogP contribution in [0.2, 0.25) is 0 Å². The predicted octanol–water partition coefficient (Wildman–Crippen LogP) is 2.42. The second-order valence-corrected chi connectivity index (χ2v) is 4.82. The second-order valence-electron chi connectivity index (χ2n) is 4.82. The zero-order chi connectivity index (χ0) is 15.3. The largest absolute Gasteiger partial charge is 0.432 e. The van der Waals surface area contributed by atoms with E-state index in [-0.39, 0.29) is 0 Å². The van der Waals surface area contributed by atoms with Crippen molar-refractivity contribution < 1.29 is 40.9 Å². The summed E-state index contributed by atoms with van der Waals surface area (Å²) >= 11 is 0. The van der Waals surface area contributed by atoms with E-state index in [1.165, 1.54) is 0 Å². The molecule has 1 aromatic carbocycles. The van der Waals surface area contributed by atoms with Crippen LogP contribution in [-0.2, 0) is 14.2 Å². The Balaban J connectivity index is 1.85. The molecule has 4 rings (SSSR count). The first-order valence-corrected chi connectivity index (χ1v) is 5.89. The fraction of sp³-hybridized carbons (Fsp3) is 0.500. The van der Waals surface area contributed by atoms with Gasteiger partial charge in [0.25, 0.3) is 6.48 Å². The van der Waals surface area contributed by atoms with Crippen molar-refractivity contribution in [2.45, 2.75) is 12.6 Å². The van der Waals surface area contributed by atoms with Gasteiger partial charge in [-0.2, -0.15) is 8.78 Å². The molecule has 3 fully saturated rings. The average molecular weight is 312 g/mol. The van der Waals surface area contributed by atoms with E-state index in [1.54, 1.807) is 0 Å². The van der Waals surface area contributed by atoms with Gasteiger partial charge in [0.2, 0.25) is 0 Å². The molecule has 3 aliphatic rings. The molecule has 0 aliphatic carbocycles. The van der Waals surface area contributed by atoms with Gasteiger partial charge in [-0.1, -0.05) is 0 Å². The highest BCUT2D eigenvalue weighted by Crippen LogP contribution is 2.45. The first kappa shape index (κ1) is 14.5. The van der Waals surface area contributed by atoms with Gasteiger partial charge in [0, 0.05) is 12.1 Å². The number of halogens is 5. The third kappa shape index (κ3) is 2.34. The smallest absolute Gasteiger partial charge is 0.410 e. The Kier molecular flexibility index (Phi) is 3.30. The summed E-state index contributed by atoms with van der Waals surface area (Å²) in [6.07, 6.45) is -3.89. The van der Waals surface area contributed by atoms with Gasteiger partial charge in [0.1, 0.15) is 11.2 Å². The lowest BCUT2D eigenvalue weighted by molar-refractivity contribution is -0.443. The van der Waals surface area contributed by atoms with E-state index in [2.05, 4.69) is 4.74 Å². The van der Waals surface area contributed by atoms with Crippen molar-refractivity contribution in [2.24, 2.45) is 5.41 Å². The van der Waals surface area contributed by atoms with Gasteiger partial charge in [-0.15, -0.1) is 0 Å². The molecule has 0 atom stereocenters. The lowest BCUT2D eigenvalue weighted by atomic mass is 9.88. The minimum absolute atomic E-state index is 0.333. The highest BCUT2D eigenvalue weighted by molar-refractivity contribution is 5.25. The van der Waals surface area contributed by atoms with Crippen molar-refractivity contribution in [1.82, 2.24) is 0 Å². The van der Waals surface area contributed by atoms with Crippen LogP contribution in [0, 0.1) is 22.9 Å². The maximum atomic E-state index is 14.2. The quantitative estimate of drug-likeness (QED) is 0.634. The van der Waals surface area contributed by atoms with E-state index in [0.717, 1.165) is 0 Å². The van der Waals surface area contributed by atoms with E-state index in [0.29, 0.717) is 12.1 Å². The van der Waals surface area contributed by atoms with E-state index in [4.69, 9.17) is 14.2 Å². The number of hydrogen-bond donors (Lipinski definition) is 0. The van der Waals surface area contributed by atoms with Crippen LogP contribution in [0.3, 0.4) is 0 Å². The Morgan fingerprint density at radius 3 is 1.95 bits per heavy atom. The summed E-state index contributed by atoms with van der Waals surface area (Å²) in [5, 5.41) is 0. The number of alkyl halides is 2. The second kappa shape index (κ2) is 4.79. The number of ether oxygens (including phenoxy) is 4. The van der Waals surface area contributed by atoms with Crippen molar-refractivity contribution in [3.05, 3.63) is 29.6 Å². The fourth-order valence-corrected chi connectivity index (χ4v) is 2.05. The zero-order valence-electron chi connectivity index (χ0n) is 10.4. The molecule has 3 saturated heterocycles. The number of benzene rings is 1. The summed E-state index contributed by atoms with van der Waals surface area (Å²) in [6, 6.07) is 0.667. The average Bonchev–Trinajstić information content (AvgIpc) is 2.46. The Morgan fingerprint density at radius 2 is 1.48 bits per heavy atom. The summed E-state index contributed by atoms with van der Waals surface area (Å²) in [6.45, 7) is -2.21. The molecule has 0 unspecified atom stereocenters. The third-order valence-corrected chi connectivity index (χ3v) is 3.31. The van der Waals surface area contributed by atoms with Crippen LogP contribution < -0.4 is 4.74 Å². The number of fused-ring (bicyclic) bond motifs is 3. The van der Waals surface area contributed by atoms with E-state index in [1.807, 2.05) is 0 Å². The molecule has 9 heteroatoms. The highest BCUT2D eigenvalue weighted by Gasteiger charge is 2.62. The van der Waals surface area contributed by atoms with Crippen LogP contribution in [0.4, 0.5) is 22.0 Å². The SMILES string of the molecule is Fc1cc(OC(F)(F)C23COC(OC2)OC3)cc(F)c1F. The molecule has 0 aromatic heterocycles. The lowest BCUT2D eigenvalue weighted by Crippen LogP contribution is -2.62. The van der Waals surface area contributed by atoms with Crippen LogP contribution in [0.5, 0.6) is 5.75 Å². The summed E-state index contributed by atoms with van der Waals surface area (Å²) < 4.78 is 86.3. The first-order valence-electron chi connectivity index (χ1n) is 5.89. The van der Waals surface area contributed by atoms with Crippen molar-refractivity contribution in [3.8, 4) is 5.75 Å². The topological polar surface area (TPSA) is 36.9 Å². The highest BCUT2D eigenvalue weighted by atomic mass is 19.3. The molecule has 3 aliphatic heterocycles. The van der Waals surface area contributed by atoms with Gasteiger partial charge in [0.05, 0.1) is 19.8 Å². The minimum atomic E-state index is -3.89. The lowest BCUT2D eigenvalue weighted by Gasteiger charge is -2.47. The first-order chi connectivity index (χ1) is 9.83. The van der Waals surface area contributed by atoms with Gasteiger partial charge in [-0.3, -0.25) is 0 Å².